The third kappa shape index (κ3) is 4.60. The fourth-order valence-electron chi connectivity index (χ4n) is 3.78. The second kappa shape index (κ2) is 9.14. The minimum absolute atomic E-state index is 0.0357. The maximum absolute atomic E-state index is 13.0. The van der Waals surface area contributed by atoms with E-state index < -0.39 is 4.92 Å². The number of carbonyl (C=O) groups is 2. The highest BCUT2D eigenvalue weighted by Crippen LogP contribution is 2.35. The largest absolute Gasteiger partial charge is 0.318 e. The summed E-state index contributed by atoms with van der Waals surface area (Å²) in [5.41, 5.74) is 5.75. The van der Waals surface area contributed by atoms with Crippen molar-refractivity contribution in [3.05, 3.63) is 95.2 Å². The molecule has 168 valence electrons. The molecular weight excluding hydrogens is 553 g/mol. The smallest absolute Gasteiger partial charge is 0.293 e. The minimum Gasteiger partial charge on any atom is -0.318 e. The summed E-state index contributed by atoms with van der Waals surface area (Å²) in [6.07, 6.45) is 1.76. The van der Waals surface area contributed by atoms with Crippen molar-refractivity contribution < 1.29 is 14.5 Å². The van der Waals surface area contributed by atoms with E-state index in [2.05, 4.69) is 52.3 Å². The lowest BCUT2D eigenvalue weighted by Gasteiger charge is -2.12. The van der Waals surface area contributed by atoms with Gasteiger partial charge in [-0.2, -0.15) is 0 Å². The van der Waals surface area contributed by atoms with Crippen LogP contribution in [0, 0.1) is 34.5 Å². The van der Waals surface area contributed by atoms with Crippen LogP contribution in [0.3, 0.4) is 0 Å². The predicted molar refractivity (Wildman–Crippen MR) is 137 cm³/mol. The van der Waals surface area contributed by atoms with Crippen LogP contribution in [0.15, 0.2) is 53.4 Å². The number of carbonyl (C=O) groups excluding carboxylic acids is 2. The summed E-state index contributed by atoms with van der Waals surface area (Å²) in [4.78, 5) is 37.4. The molecule has 1 saturated heterocycles. The Labute approximate surface area is 208 Å². The van der Waals surface area contributed by atoms with Gasteiger partial charge in [-0.15, -0.1) is 0 Å². The van der Waals surface area contributed by atoms with Gasteiger partial charge in [0.1, 0.15) is 0 Å². The molecule has 7 nitrogen and oxygen atoms in total. The number of imide groups is 1. The molecule has 0 spiro atoms. The normalized spacial score (nSPS) is 15.0. The molecule has 0 saturated carbocycles. The maximum atomic E-state index is 13.0. The van der Waals surface area contributed by atoms with Crippen molar-refractivity contribution in [2.24, 2.45) is 0 Å². The first kappa shape index (κ1) is 23.2. The summed E-state index contributed by atoms with van der Waals surface area (Å²) in [6, 6.07) is 14.1. The molecule has 2 aromatic carbocycles. The number of rotatable bonds is 5. The van der Waals surface area contributed by atoms with Crippen molar-refractivity contribution in [2.75, 3.05) is 0 Å². The van der Waals surface area contributed by atoms with E-state index in [0.717, 1.165) is 34.4 Å². The third-order valence-corrected chi connectivity index (χ3v) is 7.64. The first-order valence-corrected chi connectivity index (χ1v) is 12.0. The van der Waals surface area contributed by atoms with Crippen LogP contribution in [0.1, 0.15) is 28.1 Å². The van der Waals surface area contributed by atoms with Crippen molar-refractivity contribution >= 4 is 57.3 Å². The van der Waals surface area contributed by atoms with E-state index in [-0.39, 0.29) is 23.4 Å². The number of nitro benzene ring substituents is 1. The van der Waals surface area contributed by atoms with Crippen molar-refractivity contribution in [2.45, 2.75) is 27.3 Å². The molecule has 4 rings (SSSR count). The van der Waals surface area contributed by atoms with Crippen LogP contribution in [-0.4, -0.2) is 25.5 Å². The summed E-state index contributed by atoms with van der Waals surface area (Å²) in [6.45, 7) is 6.15. The van der Waals surface area contributed by atoms with Crippen LogP contribution in [-0.2, 0) is 11.3 Å². The van der Waals surface area contributed by atoms with Gasteiger partial charge in [-0.3, -0.25) is 24.6 Å². The molecule has 2 heterocycles. The fourth-order valence-corrected chi connectivity index (χ4v) is 4.95. The van der Waals surface area contributed by atoms with Gasteiger partial charge < -0.3 is 4.57 Å². The molecule has 0 N–H and O–H groups in total. The Morgan fingerprint density at radius 1 is 1.06 bits per heavy atom. The first-order chi connectivity index (χ1) is 15.7. The van der Waals surface area contributed by atoms with Crippen molar-refractivity contribution in [1.82, 2.24) is 9.47 Å². The molecule has 1 aliphatic rings. The van der Waals surface area contributed by atoms with Gasteiger partial charge in [-0.1, -0.05) is 12.1 Å². The summed E-state index contributed by atoms with van der Waals surface area (Å²) in [5, 5.41) is 10.5. The van der Waals surface area contributed by atoms with Gasteiger partial charge in [-0.25, -0.2) is 0 Å². The molecule has 0 atom stereocenters. The number of hydrogen-bond acceptors (Lipinski definition) is 5. The molecule has 1 aromatic heterocycles. The average molecular weight is 573 g/mol. The molecule has 0 aliphatic carbocycles. The second-order valence-electron chi connectivity index (χ2n) is 7.79. The molecule has 0 radical (unpaired) electrons. The SMILES string of the molecule is Cc1cc(-n2c(C)cc(/C=C3\SC(=O)N(Cc4ccc([N+](=O)[O-])cc4)C3=O)c2C)ccc1I. The lowest BCUT2D eigenvalue weighted by molar-refractivity contribution is -0.384. The highest BCUT2D eigenvalue weighted by molar-refractivity contribution is 14.1. The van der Waals surface area contributed by atoms with E-state index >= 15 is 0 Å². The Morgan fingerprint density at radius 3 is 2.39 bits per heavy atom. The van der Waals surface area contributed by atoms with Gasteiger partial charge in [0.25, 0.3) is 16.8 Å². The highest BCUT2D eigenvalue weighted by atomic mass is 127. The number of amides is 2. The van der Waals surface area contributed by atoms with E-state index in [1.54, 1.807) is 18.2 Å². The van der Waals surface area contributed by atoms with Crippen LogP contribution in [0.2, 0.25) is 0 Å². The van der Waals surface area contributed by atoms with E-state index in [0.29, 0.717) is 10.5 Å². The van der Waals surface area contributed by atoms with E-state index in [4.69, 9.17) is 0 Å². The number of thioether (sulfide) groups is 1. The Balaban J connectivity index is 1.60. The average Bonchev–Trinajstić information content (AvgIpc) is 3.20. The summed E-state index contributed by atoms with van der Waals surface area (Å²) < 4.78 is 3.33. The second-order valence-corrected chi connectivity index (χ2v) is 9.94. The lowest BCUT2D eigenvalue weighted by Crippen LogP contribution is -2.27. The topological polar surface area (TPSA) is 85.4 Å². The van der Waals surface area contributed by atoms with Crippen LogP contribution < -0.4 is 0 Å². The van der Waals surface area contributed by atoms with Gasteiger partial charge in [0.2, 0.25) is 0 Å². The van der Waals surface area contributed by atoms with Gasteiger partial charge in [0.05, 0.1) is 16.4 Å². The number of nitrogens with zero attached hydrogens (tertiary/aromatic N) is 3. The van der Waals surface area contributed by atoms with Gasteiger partial charge >= 0.3 is 0 Å². The zero-order valence-electron chi connectivity index (χ0n) is 18.2. The molecule has 3 aromatic rings. The van der Waals surface area contributed by atoms with Crippen molar-refractivity contribution in [1.29, 1.82) is 0 Å². The quantitative estimate of drug-likeness (QED) is 0.158. The van der Waals surface area contributed by atoms with Crippen LogP contribution in [0.5, 0.6) is 0 Å². The van der Waals surface area contributed by atoms with Crippen molar-refractivity contribution in [3.63, 3.8) is 0 Å². The maximum Gasteiger partial charge on any atom is 0.293 e. The number of non-ortho nitro benzene ring substituents is 1. The van der Waals surface area contributed by atoms with E-state index in [9.17, 15) is 19.7 Å². The van der Waals surface area contributed by atoms with E-state index in [1.165, 1.54) is 26.2 Å². The van der Waals surface area contributed by atoms with Gasteiger partial charge in [0, 0.05) is 32.8 Å². The summed E-state index contributed by atoms with van der Waals surface area (Å²) in [7, 11) is 0. The summed E-state index contributed by atoms with van der Waals surface area (Å²) in [5.74, 6) is -0.363. The van der Waals surface area contributed by atoms with Crippen LogP contribution >= 0.6 is 34.4 Å². The first-order valence-electron chi connectivity index (χ1n) is 10.1. The lowest BCUT2D eigenvalue weighted by atomic mass is 10.2. The predicted octanol–water partition coefficient (Wildman–Crippen LogP) is 6.15. The van der Waals surface area contributed by atoms with Crippen molar-refractivity contribution in [3.8, 4) is 5.69 Å². The molecule has 2 amide bonds. The fraction of sp³-hybridized carbons (Fsp3) is 0.167. The number of benzene rings is 2. The number of aromatic nitrogens is 1. The van der Waals surface area contributed by atoms with Crippen LogP contribution in [0.25, 0.3) is 11.8 Å². The molecule has 1 fully saturated rings. The molecular formula is C24H20IN3O4S. The number of halogens is 1. The van der Waals surface area contributed by atoms with Gasteiger partial charge in [0.15, 0.2) is 0 Å². The molecule has 9 heteroatoms. The van der Waals surface area contributed by atoms with E-state index in [1.807, 2.05) is 19.9 Å². The Kier molecular flexibility index (Phi) is 6.44. The third-order valence-electron chi connectivity index (χ3n) is 5.52. The molecule has 0 bridgehead atoms. The van der Waals surface area contributed by atoms with Crippen LogP contribution in [0.4, 0.5) is 10.5 Å². The standard InChI is InChI=1S/C24H20IN3O4S/c1-14-10-20(8-9-21(14)25)27-15(2)11-18(16(27)3)12-22-23(29)26(24(30)33-22)13-17-4-6-19(7-5-17)28(31)32/h4-12H,13H2,1-3H3/b22-12-. The van der Waals surface area contributed by atoms with Gasteiger partial charge in [-0.05, 0) is 102 Å². The number of hydrogen-bond donors (Lipinski definition) is 0. The number of nitro groups is 1. The minimum atomic E-state index is -0.485. The highest BCUT2D eigenvalue weighted by Gasteiger charge is 2.35. The zero-order valence-corrected chi connectivity index (χ0v) is 21.1. The molecule has 1 aliphatic heterocycles. The molecule has 0 unspecified atom stereocenters. The Morgan fingerprint density at radius 2 is 1.76 bits per heavy atom. The monoisotopic (exact) mass is 573 g/mol. The zero-order chi connectivity index (χ0) is 23.9. The Hall–Kier alpha value is -2.92. The number of aryl methyl sites for hydroxylation is 2. The molecule has 33 heavy (non-hydrogen) atoms. The summed E-state index contributed by atoms with van der Waals surface area (Å²) >= 11 is 3.22. The Bertz CT molecular complexity index is 1330.